The summed E-state index contributed by atoms with van der Waals surface area (Å²) >= 11 is 0. The quantitative estimate of drug-likeness (QED) is 0.834. The largest absolute Gasteiger partial charge is 0.399 e. The van der Waals surface area contributed by atoms with Crippen LogP contribution in [0.5, 0.6) is 0 Å². The van der Waals surface area contributed by atoms with Gasteiger partial charge in [0, 0.05) is 11.4 Å². The van der Waals surface area contributed by atoms with Crippen molar-refractivity contribution in [2.75, 3.05) is 17.7 Å². The van der Waals surface area contributed by atoms with E-state index in [1.54, 1.807) is 6.07 Å². The van der Waals surface area contributed by atoms with Crippen LogP contribution in [0.1, 0.15) is 45.1 Å². The highest BCUT2D eigenvalue weighted by Crippen LogP contribution is 2.36. The summed E-state index contributed by atoms with van der Waals surface area (Å²) in [6.45, 7) is 6.63. The number of nitrogens with one attached hydrogen (secondary N) is 1. The van der Waals surface area contributed by atoms with Gasteiger partial charge in [-0.1, -0.05) is 19.9 Å². The Morgan fingerprint density at radius 2 is 2.05 bits per heavy atom. The molecule has 0 saturated heterocycles. The van der Waals surface area contributed by atoms with Crippen molar-refractivity contribution in [3.63, 3.8) is 0 Å². The van der Waals surface area contributed by atoms with E-state index < -0.39 is 0 Å². The lowest BCUT2D eigenvalue weighted by atomic mass is 9.76. The molecule has 0 atom stereocenters. The molecule has 21 heavy (non-hydrogen) atoms. The Bertz CT molecular complexity index is 502. The molecule has 1 aromatic rings. The molecule has 3 N–H and O–H groups in total. The first-order valence-corrected chi connectivity index (χ1v) is 7.63. The third-order valence-corrected chi connectivity index (χ3v) is 4.27. The van der Waals surface area contributed by atoms with E-state index in [0.717, 1.165) is 36.9 Å². The van der Waals surface area contributed by atoms with Crippen LogP contribution in [0.4, 0.5) is 11.4 Å². The fourth-order valence-corrected chi connectivity index (χ4v) is 2.69. The lowest BCUT2D eigenvalue weighted by Gasteiger charge is -2.34. The van der Waals surface area contributed by atoms with E-state index in [1.807, 2.05) is 19.1 Å². The highest BCUT2D eigenvalue weighted by Gasteiger charge is 2.27. The molecular formula is C17H26N2O2. The normalized spacial score (nSPS) is 18.4. The van der Waals surface area contributed by atoms with E-state index in [0.29, 0.717) is 11.1 Å². The maximum Gasteiger partial charge on any atom is 0.250 e. The number of nitrogens with two attached hydrogens (primary N) is 1. The minimum atomic E-state index is -0.117. The Labute approximate surface area is 127 Å². The Morgan fingerprint density at radius 3 is 2.71 bits per heavy atom. The summed E-state index contributed by atoms with van der Waals surface area (Å²) < 4.78 is 5.74. The molecule has 0 radical (unpaired) electrons. The molecule has 0 bridgehead atoms. The van der Waals surface area contributed by atoms with Gasteiger partial charge in [0.1, 0.15) is 6.61 Å². The van der Waals surface area contributed by atoms with Crippen molar-refractivity contribution in [1.82, 2.24) is 0 Å². The van der Waals surface area contributed by atoms with Crippen molar-refractivity contribution < 1.29 is 9.53 Å². The van der Waals surface area contributed by atoms with Crippen LogP contribution < -0.4 is 11.1 Å². The second kappa shape index (κ2) is 6.48. The third kappa shape index (κ3) is 4.74. The number of benzene rings is 1. The van der Waals surface area contributed by atoms with E-state index >= 15 is 0 Å². The van der Waals surface area contributed by atoms with Crippen LogP contribution in [0.25, 0.3) is 0 Å². The maximum absolute atomic E-state index is 12.0. The number of nitrogen functional groups attached to an aromatic ring is 1. The molecule has 1 aliphatic carbocycles. The molecule has 4 heteroatoms. The molecule has 0 aromatic heterocycles. The molecular weight excluding hydrogens is 264 g/mol. The molecule has 1 aliphatic rings. The number of hydrogen-bond acceptors (Lipinski definition) is 3. The standard InChI is InChI=1S/C17H26N2O2/c1-12-4-5-13(18)10-15(12)19-16(20)11-21-14-6-8-17(2,3)9-7-14/h4-5,10,14H,6-9,11,18H2,1-3H3,(H,19,20). The van der Waals surface area contributed by atoms with Crippen LogP contribution in [0.2, 0.25) is 0 Å². The molecule has 4 nitrogen and oxygen atoms in total. The summed E-state index contributed by atoms with van der Waals surface area (Å²) in [7, 11) is 0. The van der Waals surface area contributed by atoms with Crippen molar-refractivity contribution in [3.8, 4) is 0 Å². The lowest BCUT2D eigenvalue weighted by molar-refractivity contribution is -0.123. The number of anilines is 2. The number of aryl methyl sites for hydroxylation is 1. The van der Waals surface area contributed by atoms with Gasteiger partial charge >= 0.3 is 0 Å². The van der Waals surface area contributed by atoms with Crippen molar-refractivity contribution in [2.45, 2.75) is 52.6 Å². The molecule has 1 aromatic carbocycles. The highest BCUT2D eigenvalue weighted by molar-refractivity contribution is 5.92. The van der Waals surface area contributed by atoms with Gasteiger partial charge < -0.3 is 15.8 Å². The van der Waals surface area contributed by atoms with E-state index in [-0.39, 0.29) is 18.6 Å². The number of amides is 1. The average Bonchev–Trinajstić information content (AvgIpc) is 2.42. The van der Waals surface area contributed by atoms with Gasteiger partial charge in [-0.05, 0) is 55.7 Å². The molecule has 1 saturated carbocycles. The summed E-state index contributed by atoms with van der Waals surface area (Å²) in [6, 6.07) is 5.50. The molecule has 0 aliphatic heterocycles. The SMILES string of the molecule is Cc1ccc(N)cc1NC(=O)COC1CCC(C)(C)CC1. The fourth-order valence-electron chi connectivity index (χ4n) is 2.69. The zero-order valence-corrected chi connectivity index (χ0v) is 13.2. The molecule has 1 amide bonds. The second-order valence-corrected chi connectivity index (χ2v) is 6.80. The van der Waals surface area contributed by atoms with Crippen molar-refractivity contribution in [2.24, 2.45) is 5.41 Å². The van der Waals surface area contributed by atoms with Gasteiger partial charge in [-0.15, -0.1) is 0 Å². The summed E-state index contributed by atoms with van der Waals surface area (Å²) in [6.07, 6.45) is 4.61. The topological polar surface area (TPSA) is 64.3 Å². The zero-order valence-electron chi connectivity index (χ0n) is 13.2. The van der Waals surface area contributed by atoms with Gasteiger partial charge in [0.05, 0.1) is 6.10 Å². The minimum Gasteiger partial charge on any atom is -0.399 e. The molecule has 1 fully saturated rings. The van der Waals surface area contributed by atoms with Crippen LogP contribution in [0.3, 0.4) is 0 Å². The van der Waals surface area contributed by atoms with E-state index in [9.17, 15) is 4.79 Å². The van der Waals surface area contributed by atoms with Gasteiger partial charge in [0.2, 0.25) is 5.91 Å². The number of hydrogen-bond donors (Lipinski definition) is 2. The molecule has 0 heterocycles. The monoisotopic (exact) mass is 290 g/mol. The summed E-state index contributed by atoms with van der Waals surface area (Å²) in [5, 5.41) is 2.86. The van der Waals surface area contributed by atoms with Crippen LogP contribution in [0, 0.1) is 12.3 Å². The van der Waals surface area contributed by atoms with Crippen LogP contribution in [0.15, 0.2) is 18.2 Å². The Kier molecular flexibility index (Phi) is 4.88. The average molecular weight is 290 g/mol. The predicted molar refractivity (Wildman–Crippen MR) is 86.2 cm³/mol. The van der Waals surface area contributed by atoms with Crippen LogP contribution in [-0.2, 0) is 9.53 Å². The van der Waals surface area contributed by atoms with Crippen molar-refractivity contribution in [1.29, 1.82) is 0 Å². The van der Waals surface area contributed by atoms with E-state index in [4.69, 9.17) is 10.5 Å². The first-order valence-electron chi connectivity index (χ1n) is 7.63. The van der Waals surface area contributed by atoms with Crippen LogP contribution in [-0.4, -0.2) is 18.6 Å². The number of ether oxygens (including phenoxy) is 1. The zero-order chi connectivity index (χ0) is 15.5. The molecule has 116 valence electrons. The van der Waals surface area contributed by atoms with Crippen molar-refractivity contribution in [3.05, 3.63) is 23.8 Å². The molecule has 0 spiro atoms. The Balaban J connectivity index is 1.79. The Hall–Kier alpha value is -1.55. The van der Waals surface area contributed by atoms with Crippen molar-refractivity contribution >= 4 is 17.3 Å². The van der Waals surface area contributed by atoms with Gasteiger partial charge in [-0.3, -0.25) is 4.79 Å². The summed E-state index contributed by atoms with van der Waals surface area (Å²) in [5.41, 5.74) is 8.55. The number of rotatable bonds is 4. The first-order chi connectivity index (χ1) is 9.85. The summed E-state index contributed by atoms with van der Waals surface area (Å²) in [4.78, 5) is 12.0. The lowest BCUT2D eigenvalue weighted by Crippen LogP contribution is -2.29. The summed E-state index contributed by atoms with van der Waals surface area (Å²) in [5.74, 6) is -0.117. The predicted octanol–water partition coefficient (Wildman–Crippen LogP) is 3.50. The smallest absolute Gasteiger partial charge is 0.250 e. The minimum absolute atomic E-state index is 0.110. The molecule has 2 rings (SSSR count). The first kappa shape index (κ1) is 15.8. The molecule has 0 unspecified atom stereocenters. The van der Waals surface area contributed by atoms with Gasteiger partial charge in [0.15, 0.2) is 0 Å². The maximum atomic E-state index is 12.0. The highest BCUT2D eigenvalue weighted by atomic mass is 16.5. The third-order valence-electron chi connectivity index (χ3n) is 4.27. The van der Waals surface area contributed by atoms with E-state index in [1.165, 1.54) is 0 Å². The fraction of sp³-hybridized carbons (Fsp3) is 0.588. The number of carbonyl (C=O) groups excluding carboxylic acids is 1. The van der Waals surface area contributed by atoms with Gasteiger partial charge in [-0.25, -0.2) is 0 Å². The van der Waals surface area contributed by atoms with Crippen LogP contribution >= 0.6 is 0 Å². The Morgan fingerprint density at radius 1 is 1.38 bits per heavy atom. The number of carbonyl (C=O) groups is 1. The van der Waals surface area contributed by atoms with Gasteiger partial charge in [0.25, 0.3) is 0 Å². The second-order valence-electron chi connectivity index (χ2n) is 6.80. The van der Waals surface area contributed by atoms with E-state index in [2.05, 4.69) is 19.2 Å². The van der Waals surface area contributed by atoms with Gasteiger partial charge in [-0.2, -0.15) is 0 Å².